The first-order valence-corrected chi connectivity index (χ1v) is 8.16. The lowest BCUT2D eigenvalue weighted by atomic mass is 9.97. The number of carbonyl (C=O) groups is 1. The summed E-state index contributed by atoms with van der Waals surface area (Å²) in [5.41, 5.74) is 0.723. The minimum atomic E-state index is -4.85. The molecule has 2 aromatic carbocycles. The minimum absolute atomic E-state index is 0.0642. The molecule has 0 fully saturated rings. The van der Waals surface area contributed by atoms with Crippen molar-refractivity contribution in [3.05, 3.63) is 68.7 Å². The molecule has 0 bridgehead atoms. The molecule has 1 heterocycles. The van der Waals surface area contributed by atoms with Gasteiger partial charge in [0.15, 0.2) is 0 Å². The van der Waals surface area contributed by atoms with Gasteiger partial charge in [-0.15, -0.1) is 0 Å². The van der Waals surface area contributed by atoms with Crippen LogP contribution in [0.25, 0.3) is 6.08 Å². The van der Waals surface area contributed by atoms with E-state index >= 15 is 0 Å². The van der Waals surface area contributed by atoms with E-state index in [2.05, 4.69) is 0 Å². The molecule has 26 heavy (non-hydrogen) atoms. The number of benzene rings is 2. The summed E-state index contributed by atoms with van der Waals surface area (Å²) in [5.74, 6) is -1.76. The number of aliphatic carboxylic acids is 1. The van der Waals surface area contributed by atoms with Crippen molar-refractivity contribution in [2.45, 2.75) is 18.7 Å². The van der Waals surface area contributed by atoms with Gasteiger partial charge in [-0.3, -0.25) is 0 Å². The molecular formula is C18H11Cl2F3O3. The first-order chi connectivity index (χ1) is 12.1. The molecule has 2 aromatic rings. The summed E-state index contributed by atoms with van der Waals surface area (Å²) >= 11 is 12.0. The number of ether oxygens (including phenoxy) is 1. The Morgan fingerprint density at radius 2 is 1.81 bits per heavy atom. The third-order valence-electron chi connectivity index (χ3n) is 3.87. The van der Waals surface area contributed by atoms with Gasteiger partial charge < -0.3 is 9.84 Å². The van der Waals surface area contributed by atoms with Crippen molar-refractivity contribution in [1.82, 2.24) is 0 Å². The van der Waals surface area contributed by atoms with Crippen LogP contribution in [0.2, 0.25) is 10.0 Å². The fourth-order valence-electron chi connectivity index (χ4n) is 2.63. The highest BCUT2D eigenvalue weighted by atomic mass is 35.5. The molecule has 0 radical (unpaired) electrons. The van der Waals surface area contributed by atoms with E-state index in [0.717, 1.165) is 11.6 Å². The Labute approximate surface area is 156 Å². The Kier molecular flexibility index (Phi) is 4.90. The zero-order valence-corrected chi connectivity index (χ0v) is 14.5. The molecule has 0 amide bonds. The third-order valence-corrected chi connectivity index (χ3v) is 4.47. The lowest BCUT2D eigenvalue weighted by molar-refractivity contribution is -0.187. The second-order valence-corrected chi connectivity index (χ2v) is 6.57. The third kappa shape index (κ3) is 3.81. The summed E-state index contributed by atoms with van der Waals surface area (Å²) < 4.78 is 44.4. The fraction of sp³-hybridized carbons (Fsp3) is 0.167. The fourth-order valence-corrected chi connectivity index (χ4v) is 3.00. The first-order valence-electron chi connectivity index (χ1n) is 7.40. The van der Waals surface area contributed by atoms with Crippen LogP contribution in [0.4, 0.5) is 13.2 Å². The Morgan fingerprint density at radius 1 is 1.15 bits per heavy atom. The average molecular weight is 403 g/mol. The number of rotatable bonds is 3. The van der Waals surface area contributed by atoms with Crippen LogP contribution in [-0.4, -0.2) is 23.4 Å². The molecule has 0 saturated heterocycles. The topological polar surface area (TPSA) is 46.5 Å². The number of alkyl halides is 3. The molecule has 0 saturated carbocycles. The second kappa shape index (κ2) is 6.85. The molecule has 8 heteroatoms. The number of hydrogen-bond donors (Lipinski definition) is 1. The molecule has 0 aromatic heterocycles. The Hall–Kier alpha value is -2.18. The zero-order valence-electron chi connectivity index (χ0n) is 13.0. The maximum Gasteiger partial charge on any atom is 0.430 e. The van der Waals surface area contributed by atoms with Crippen LogP contribution >= 0.6 is 23.2 Å². The predicted octanol–water partition coefficient (Wildman–Crippen LogP) is 5.38. The van der Waals surface area contributed by atoms with Gasteiger partial charge in [0.1, 0.15) is 5.75 Å². The molecule has 136 valence electrons. The quantitative estimate of drug-likeness (QED) is 0.749. The van der Waals surface area contributed by atoms with Crippen molar-refractivity contribution in [3.8, 4) is 5.75 Å². The lowest BCUT2D eigenvalue weighted by Gasteiger charge is -2.27. The summed E-state index contributed by atoms with van der Waals surface area (Å²) in [6, 6.07) is 9.75. The smallest absolute Gasteiger partial charge is 0.430 e. The lowest BCUT2D eigenvalue weighted by Crippen LogP contribution is -2.40. The van der Waals surface area contributed by atoms with Gasteiger partial charge in [-0.05, 0) is 47.9 Å². The minimum Gasteiger partial charge on any atom is -0.478 e. The van der Waals surface area contributed by atoms with E-state index in [1.54, 1.807) is 24.3 Å². The Balaban J connectivity index is 2.00. The summed E-state index contributed by atoms with van der Waals surface area (Å²) in [6.45, 7) is 0. The maximum absolute atomic E-state index is 13.1. The van der Waals surface area contributed by atoms with Crippen molar-refractivity contribution >= 4 is 35.2 Å². The monoisotopic (exact) mass is 402 g/mol. The summed E-state index contributed by atoms with van der Waals surface area (Å²) in [7, 11) is 0. The van der Waals surface area contributed by atoms with Crippen LogP contribution in [0.5, 0.6) is 5.75 Å². The summed E-state index contributed by atoms with van der Waals surface area (Å²) in [5, 5.41) is 9.91. The van der Waals surface area contributed by atoms with E-state index in [1.165, 1.54) is 12.1 Å². The van der Waals surface area contributed by atoms with E-state index in [1.807, 2.05) is 0 Å². The van der Waals surface area contributed by atoms with E-state index in [9.17, 15) is 18.0 Å². The van der Waals surface area contributed by atoms with Crippen LogP contribution in [-0.2, 0) is 11.2 Å². The van der Waals surface area contributed by atoms with Gasteiger partial charge in [0.25, 0.3) is 0 Å². The average Bonchev–Trinajstić information content (AvgIpc) is 2.55. The molecule has 0 spiro atoms. The SMILES string of the molecule is O=C(O)C1=Cc2cc(Cl)c(Cc3ccc(Cl)cc3)cc2OC1C(F)(F)F. The molecule has 1 atom stereocenters. The predicted molar refractivity (Wildman–Crippen MR) is 91.8 cm³/mol. The van der Waals surface area contributed by atoms with Gasteiger partial charge >= 0.3 is 12.1 Å². The van der Waals surface area contributed by atoms with Crippen molar-refractivity contribution in [2.75, 3.05) is 0 Å². The molecule has 1 unspecified atom stereocenters. The molecule has 0 aliphatic carbocycles. The second-order valence-electron chi connectivity index (χ2n) is 5.73. The van der Waals surface area contributed by atoms with Crippen LogP contribution in [0, 0.1) is 0 Å². The highest BCUT2D eigenvalue weighted by Gasteiger charge is 2.48. The van der Waals surface area contributed by atoms with Crippen molar-refractivity contribution < 1.29 is 27.8 Å². The highest BCUT2D eigenvalue weighted by Crippen LogP contribution is 2.39. The maximum atomic E-state index is 13.1. The summed E-state index contributed by atoms with van der Waals surface area (Å²) in [4.78, 5) is 11.1. The van der Waals surface area contributed by atoms with Gasteiger partial charge in [-0.1, -0.05) is 35.3 Å². The standard InChI is InChI=1S/C18H11Cl2F3O3/c19-12-3-1-9(2-4-12)5-10-8-15-11(7-14(10)20)6-13(17(24)25)16(26-15)18(21,22)23/h1-4,6-8,16H,5H2,(H,24,25). The number of carboxylic acid groups (broad SMARTS) is 1. The van der Waals surface area contributed by atoms with Gasteiger partial charge in [0.2, 0.25) is 6.10 Å². The van der Waals surface area contributed by atoms with E-state index in [4.69, 9.17) is 33.0 Å². The van der Waals surface area contributed by atoms with E-state index < -0.39 is 23.8 Å². The van der Waals surface area contributed by atoms with Crippen molar-refractivity contribution in [3.63, 3.8) is 0 Å². The molecule has 1 aliphatic rings. The van der Waals surface area contributed by atoms with E-state index in [-0.39, 0.29) is 11.3 Å². The van der Waals surface area contributed by atoms with Crippen LogP contribution < -0.4 is 4.74 Å². The number of fused-ring (bicyclic) bond motifs is 1. The van der Waals surface area contributed by atoms with Gasteiger partial charge in [-0.25, -0.2) is 4.79 Å². The number of hydrogen-bond acceptors (Lipinski definition) is 2. The first kappa shape index (κ1) is 18.6. The summed E-state index contributed by atoms with van der Waals surface area (Å²) in [6.07, 6.45) is -6.08. The highest BCUT2D eigenvalue weighted by molar-refractivity contribution is 6.31. The van der Waals surface area contributed by atoms with Gasteiger partial charge in [-0.2, -0.15) is 13.2 Å². The molecule has 1 N–H and O–H groups in total. The molecular weight excluding hydrogens is 392 g/mol. The Bertz CT molecular complexity index is 890. The van der Waals surface area contributed by atoms with Crippen molar-refractivity contribution in [1.29, 1.82) is 0 Å². The largest absolute Gasteiger partial charge is 0.478 e. The van der Waals surface area contributed by atoms with Crippen LogP contribution in [0.15, 0.2) is 42.0 Å². The van der Waals surface area contributed by atoms with Crippen LogP contribution in [0.3, 0.4) is 0 Å². The van der Waals surface area contributed by atoms with Gasteiger partial charge in [0.05, 0.1) is 5.57 Å². The van der Waals surface area contributed by atoms with Gasteiger partial charge in [0, 0.05) is 15.6 Å². The number of halogens is 5. The normalized spacial score (nSPS) is 16.5. The van der Waals surface area contributed by atoms with Crippen molar-refractivity contribution in [2.24, 2.45) is 0 Å². The Morgan fingerprint density at radius 3 is 2.38 bits per heavy atom. The number of carboxylic acids is 1. The molecule has 1 aliphatic heterocycles. The van der Waals surface area contributed by atoms with E-state index in [0.29, 0.717) is 22.0 Å². The molecule has 3 nitrogen and oxygen atoms in total. The zero-order chi connectivity index (χ0) is 19.1. The van der Waals surface area contributed by atoms with Crippen LogP contribution in [0.1, 0.15) is 16.7 Å². The molecule has 3 rings (SSSR count).